The summed E-state index contributed by atoms with van der Waals surface area (Å²) >= 11 is 0. The predicted molar refractivity (Wildman–Crippen MR) is 84.5 cm³/mol. The molecule has 0 radical (unpaired) electrons. The monoisotopic (exact) mass is 316 g/mol. The summed E-state index contributed by atoms with van der Waals surface area (Å²) in [7, 11) is 0. The molecule has 2 bridgehead atoms. The number of nitrogens with zero attached hydrogens (tertiary/aromatic N) is 3. The van der Waals surface area contributed by atoms with E-state index in [-0.39, 0.29) is 23.9 Å². The van der Waals surface area contributed by atoms with Gasteiger partial charge in [-0.1, -0.05) is 0 Å². The number of aromatic nitrogens is 2. The van der Waals surface area contributed by atoms with Crippen LogP contribution >= 0.6 is 0 Å². The van der Waals surface area contributed by atoms with Crippen LogP contribution in [0.3, 0.4) is 0 Å². The molecule has 3 fully saturated rings. The second kappa shape index (κ2) is 5.98. The molecule has 2 saturated heterocycles. The van der Waals surface area contributed by atoms with Crippen molar-refractivity contribution in [3.05, 3.63) is 18.0 Å². The summed E-state index contributed by atoms with van der Waals surface area (Å²) in [5.74, 6) is 0.833. The first-order valence-electron chi connectivity index (χ1n) is 8.80. The molecule has 0 spiro atoms. The van der Waals surface area contributed by atoms with Gasteiger partial charge in [-0.2, -0.15) is 5.10 Å². The van der Waals surface area contributed by atoms with Crippen LogP contribution in [0, 0.1) is 5.92 Å². The zero-order valence-electron chi connectivity index (χ0n) is 13.4. The van der Waals surface area contributed by atoms with E-state index in [1.807, 2.05) is 11.0 Å². The molecule has 2 amide bonds. The minimum atomic E-state index is 0.204. The van der Waals surface area contributed by atoms with Crippen LogP contribution in [-0.2, 0) is 16.0 Å². The third-order valence-corrected chi connectivity index (χ3v) is 5.42. The number of aryl methyl sites for hydroxylation is 1. The Kier molecular flexibility index (Phi) is 3.83. The number of piperidine rings is 1. The van der Waals surface area contributed by atoms with Crippen LogP contribution in [0.1, 0.15) is 44.2 Å². The average Bonchev–Trinajstić information content (AvgIpc) is 3.27. The van der Waals surface area contributed by atoms with Crippen molar-refractivity contribution in [3.63, 3.8) is 0 Å². The van der Waals surface area contributed by atoms with E-state index < -0.39 is 0 Å². The molecular weight excluding hydrogens is 292 g/mol. The summed E-state index contributed by atoms with van der Waals surface area (Å²) in [6.45, 7) is 1.44. The lowest BCUT2D eigenvalue weighted by molar-refractivity contribution is -0.151. The zero-order chi connectivity index (χ0) is 15.8. The smallest absolute Gasteiger partial charge is 0.226 e. The topological polar surface area (TPSA) is 69.3 Å². The Bertz CT molecular complexity index is 567. The molecule has 2 unspecified atom stereocenters. The number of carbonyl (C=O) groups is 2. The molecule has 124 valence electrons. The van der Waals surface area contributed by atoms with Crippen molar-refractivity contribution in [2.45, 2.75) is 57.0 Å². The maximum atomic E-state index is 12.5. The van der Waals surface area contributed by atoms with Crippen LogP contribution in [0.15, 0.2) is 12.3 Å². The highest BCUT2D eigenvalue weighted by Gasteiger charge is 2.45. The number of hydrogen-bond donors (Lipinski definition) is 1. The van der Waals surface area contributed by atoms with Gasteiger partial charge in [-0.15, -0.1) is 0 Å². The summed E-state index contributed by atoms with van der Waals surface area (Å²) in [5, 5.41) is 6.82. The summed E-state index contributed by atoms with van der Waals surface area (Å²) < 4.78 is 0. The lowest BCUT2D eigenvalue weighted by atomic mass is 9.90. The van der Waals surface area contributed by atoms with Gasteiger partial charge in [0.25, 0.3) is 0 Å². The highest BCUT2D eigenvalue weighted by atomic mass is 16.2. The van der Waals surface area contributed by atoms with Crippen LogP contribution < -0.4 is 0 Å². The van der Waals surface area contributed by atoms with Gasteiger partial charge in [-0.25, -0.2) is 0 Å². The highest BCUT2D eigenvalue weighted by Crippen LogP contribution is 2.37. The second-order valence-electron chi connectivity index (χ2n) is 7.14. The normalized spacial score (nSPS) is 27.1. The Balaban J connectivity index is 1.38. The number of nitrogens with one attached hydrogen (secondary N) is 1. The molecule has 1 aromatic heterocycles. The number of carbonyl (C=O) groups excluding carboxylic acids is 2. The number of piperazine rings is 1. The molecule has 6 nitrogen and oxygen atoms in total. The summed E-state index contributed by atoms with van der Waals surface area (Å²) in [5.41, 5.74) is 1.00. The van der Waals surface area contributed by atoms with Crippen LogP contribution in [0.25, 0.3) is 0 Å². The van der Waals surface area contributed by atoms with Crippen molar-refractivity contribution < 1.29 is 9.59 Å². The maximum absolute atomic E-state index is 12.5. The Labute approximate surface area is 136 Å². The third kappa shape index (κ3) is 2.99. The Hall–Kier alpha value is -1.85. The first kappa shape index (κ1) is 14.7. The molecule has 1 saturated carbocycles. The first-order chi connectivity index (χ1) is 11.2. The van der Waals surface area contributed by atoms with Gasteiger partial charge in [-0.05, 0) is 44.6 Å². The van der Waals surface area contributed by atoms with E-state index in [2.05, 4.69) is 15.1 Å². The van der Waals surface area contributed by atoms with E-state index in [0.717, 1.165) is 44.5 Å². The summed E-state index contributed by atoms with van der Waals surface area (Å²) in [6, 6.07) is 2.40. The summed E-state index contributed by atoms with van der Waals surface area (Å²) in [4.78, 5) is 29.2. The Morgan fingerprint density at radius 2 is 1.91 bits per heavy atom. The van der Waals surface area contributed by atoms with Crippen molar-refractivity contribution in [2.75, 3.05) is 13.1 Å². The molecular formula is C17H24N4O2. The number of rotatable bonds is 4. The lowest BCUT2D eigenvalue weighted by Gasteiger charge is -2.50. The van der Waals surface area contributed by atoms with Crippen LogP contribution in [0.5, 0.6) is 0 Å². The van der Waals surface area contributed by atoms with Crippen molar-refractivity contribution >= 4 is 11.8 Å². The molecule has 2 atom stereocenters. The largest absolute Gasteiger partial charge is 0.339 e. The third-order valence-electron chi connectivity index (χ3n) is 5.42. The van der Waals surface area contributed by atoms with Gasteiger partial charge in [0, 0.05) is 49.4 Å². The van der Waals surface area contributed by atoms with Crippen molar-refractivity contribution in [1.29, 1.82) is 0 Å². The van der Waals surface area contributed by atoms with Gasteiger partial charge in [-0.3, -0.25) is 14.7 Å². The van der Waals surface area contributed by atoms with E-state index in [0.29, 0.717) is 18.7 Å². The first-order valence-corrected chi connectivity index (χ1v) is 8.80. The molecule has 2 aliphatic heterocycles. The van der Waals surface area contributed by atoms with Gasteiger partial charge in [0.05, 0.1) is 0 Å². The fourth-order valence-corrected chi connectivity index (χ4v) is 4.04. The molecule has 0 aromatic carbocycles. The predicted octanol–water partition coefficient (Wildman–Crippen LogP) is 1.34. The molecule has 1 N–H and O–H groups in total. The van der Waals surface area contributed by atoms with Crippen LogP contribution in [-0.4, -0.2) is 57.0 Å². The average molecular weight is 316 g/mol. The zero-order valence-corrected chi connectivity index (χ0v) is 13.4. The Morgan fingerprint density at radius 1 is 1.17 bits per heavy atom. The van der Waals surface area contributed by atoms with E-state index in [4.69, 9.17) is 0 Å². The number of H-pyrrole nitrogens is 1. The van der Waals surface area contributed by atoms with Gasteiger partial charge < -0.3 is 9.80 Å². The molecule has 3 heterocycles. The molecule has 1 aromatic rings. The van der Waals surface area contributed by atoms with Crippen molar-refractivity contribution in [2.24, 2.45) is 5.92 Å². The SMILES string of the molecule is O=C(CCc1ccn[nH]1)N1CC2CCCC(C1)N2C(=O)C1CC1. The van der Waals surface area contributed by atoms with Crippen LogP contribution in [0.2, 0.25) is 0 Å². The van der Waals surface area contributed by atoms with E-state index in [1.165, 1.54) is 6.42 Å². The van der Waals surface area contributed by atoms with Gasteiger partial charge in [0.2, 0.25) is 11.8 Å². The lowest BCUT2D eigenvalue weighted by Crippen LogP contribution is -2.63. The Morgan fingerprint density at radius 3 is 2.52 bits per heavy atom. The quantitative estimate of drug-likeness (QED) is 0.911. The minimum Gasteiger partial charge on any atom is -0.339 e. The number of fused-ring (bicyclic) bond motifs is 2. The molecule has 6 heteroatoms. The second-order valence-corrected chi connectivity index (χ2v) is 7.14. The number of amides is 2. The molecule has 1 aliphatic carbocycles. The van der Waals surface area contributed by atoms with Gasteiger partial charge in [0.15, 0.2) is 0 Å². The fraction of sp³-hybridized carbons (Fsp3) is 0.706. The molecule has 4 rings (SSSR count). The van der Waals surface area contributed by atoms with E-state index in [1.54, 1.807) is 6.20 Å². The standard InChI is InChI=1S/C17H24N4O2/c22-16(7-6-13-8-9-18-19-13)20-10-14-2-1-3-15(11-20)21(14)17(23)12-4-5-12/h8-9,12,14-15H,1-7,10-11H2,(H,18,19). The van der Waals surface area contributed by atoms with Gasteiger partial charge in [0.1, 0.15) is 0 Å². The molecule has 3 aliphatic rings. The summed E-state index contributed by atoms with van der Waals surface area (Å²) in [6.07, 6.45) is 8.31. The molecule has 23 heavy (non-hydrogen) atoms. The highest BCUT2D eigenvalue weighted by molar-refractivity contribution is 5.82. The number of aromatic amines is 1. The van der Waals surface area contributed by atoms with Crippen LogP contribution in [0.4, 0.5) is 0 Å². The van der Waals surface area contributed by atoms with E-state index >= 15 is 0 Å². The minimum absolute atomic E-state index is 0.204. The number of hydrogen-bond acceptors (Lipinski definition) is 3. The van der Waals surface area contributed by atoms with E-state index in [9.17, 15) is 9.59 Å². The van der Waals surface area contributed by atoms with Crippen molar-refractivity contribution in [1.82, 2.24) is 20.0 Å². The fourth-order valence-electron chi connectivity index (χ4n) is 4.04. The number of likely N-dealkylation sites (tertiary alicyclic amines) is 1. The van der Waals surface area contributed by atoms with Crippen molar-refractivity contribution in [3.8, 4) is 0 Å². The van der Waals surface area contributed by atoms with Gasteiger partial charge >= 0.3 is 0 Å². The maximum Gasteiger partial charge on any atom is 0.226 e.